The molecule has 0 bridgehead atoms. The summed E-state index contributed by atoms with van der Waals surface area (Å²) in [4.78, 5) is 15.1. The number of nitrogens with one attached hydrogen (secondary N) is 3. The van der Waals surface area contributed by atoms with E-state index < -0.39 is 0 Å². The summed E-state index contributed by atoms with van der Waals surface area (Å²) in [5, 5.41) is 8.16. The van der Waals surface area contributed by atoms with E-state index in [4.69, 9.17) is 14.7 Å². The predicted molar refractivity (Wildman–Crippen MR) is 125 cm³/mol. The van der Waals surface area contributed by atoms with Gasteiger partial charge in [-0.1, -0.05) is 24.7 Å². The predicted octanol–water partition coefficient (Wildman–Crippen LogP) is 2.54. The van der Waals surface area contributed by atoms with E-state index in [0.717, 1.165) is 48.8 Å². The van der Waals surface area contributed by atoms with Gasteiger partial charge in [-0.2, -0.15) is 9.97 Å². The molecule has 1 aromatic carbocycles. The second-order valence-corrected chi connectivity index (χ2v) is 8.34. The van der Waals surface area contributed by atoms with Crippen molar-refractivity contribution >= 4 is 47.5 Å². The standard InChI is InChI=1S/C22H29BN6O/c23-18-14-16(29-10-12-30-13-11-29)6-7-19(18)26-22-27-20-17(8-9-24-20)21(28-22)25-15-4-2-1-3-5-15/h6-9,14-15H,1-5,10-13,23H2,(H3,24,25,26,27,28). The van der Waals surface area contributed by atoms with Crippen LogP contribution in [-0.2, 0) is 4.74 Å². The highest BCUT2D eigenvalue weighted by molar-refractivity contribution is 6.36. The van der Waals surface area contributed by atoms with E-state index in [1.54, 1.807) is 0 Å². The molecular weight excluding hydrogens is 375 g/mol. The highest BCUT2D eigenvalue weighted by Crippen LogP contribution is 2.27. The Hall–Kier alpha value is -2.74. The monoisotopic (exact) mass is 404 g/mol. The summed E-state index contributed by atoms with van der Waals surface area (Å²) in [6.07, 6.45) is 8.27. The van der Waals surface area contributed by atoms with Gasteiger partial charge in [0.1, 0.15) is 19.3 Å². The van der Waals surface area contributed by atoms with E-state index >= 15 is 0 Å². The number of aromatic nitrogens is 3. The maximum Gasteiger partial charge on any atom is 0.231 e. The molecule has 1 saturated carbocycles. The van der Waals surface area contributed by atoms with E-state index in [1.165, 1.54) is 43.3 Å². The zero-order valence-corrected chi connectivity index (χ0v) is 17.6. The molecule has 3 heterocycles. The van der Waals surface area contributed by atoms with Crippen LogP contribution in [0.3, 0.4) is 0 Å². The summed E-state index contributed by atoms with van der Waals surface area (Å²) in [7, 11) is 2.13. The summed E-state index contributed by atoms with van der Waals surface area (Å²) in [6.45, 7) is 3.46. The van der Waals surface area contributed by atoms with Gasteiger partial charge in [0.25, 0.3) is 0 Å². The van der Waals surface area contributed by atoms with Crippen LogP contribution in [-0.4, -0.2) is 55.1 Å². The Balaban J connectivity index is 1.38. The molecule has 0 amide bonds. The van der Waals surface area contributed by atoms with Crippen LogP contribution < -0.4 is 21.0 Å². The number of fused-ring (bicyclic) bond motifs is 1. The van der Waals surface area contributed by atoms with E-state index in [2.05, 4.69) is 46.6 Å². The second kappa shape index (κ2) is 8.56. The quantitative estimate of drug-likeness (QED) is 0.568. The molecule has 0 radical (unpaired) electrons. The Kier molecular flexibility index (Phi) is 5.49. The van der Waals surface area contributed by atoms with Crippen LogP contribution in [0.1, 0.15) is 32.1 Å². The minimum Gasteiger partial charge on any atom is -0.378 e. The van der Waals surface area contributed by atoms with Gasteiger partial charge >= 0.3 is 0 Å². The average Bonchev–Trinajstić information content (AvgIpc) is 3.26. The Bertz CT molecular complexity index is 1010. The molecule has 2 aromatic heterocycles. The third-order valence-electron chi connectivity index (χ3n) is 6.19. The lowest BCUT2D eigenvalue weighted by Crippen LogP contribution is -2.36. The first-order valence-corrected chi connectivity index (χ1v) is 11.1. The van der Waals surface area contributed by atoms with Crippen molar-refractivity contribution in [1.29, 1.82) is 0 Å². The highest BCUT2D eigenvalue weighted by atomic mass is 16.5. The minimum absolute atomic E-state index is 0.495. The van der Waals surface area contributed by atoms with Gasteiger partial charge in [-0.3, -0.25) is 0 Å². The molecule has 3 N–H and O–H groups in total. The summed E-state index contributed by atoms with van der Waals surface area (Å²) in [6, 6.07) is 9.05. The summed E-state index contributed by atoms with van der Waals surface area (Å²) >= 11 is 0. The fraction of sp³-hybridized carbons (Fsp3) is 0.455. The van der Waals surface area contributed by atoms with Crippen molar-refractivity contribution in [2.24, 2.45) is 0 Å². The van der Waals surface area contributed by atoms with Crippen molar-refractivity contribution < 1.29 is 4.74 Å². The molecule has 2 fully saturated rings. The number of benzene rings is 1. The number of morpholine rings is 1. The molecule has 30 heavy (non-hydrogen) atoms. The first-order chi connectivity index (χ1) is 14.8. The van der Waals surface area contributed by atoms with Crippen LogP contribution in [0.2, 0.25) is 0 Å². The molecule has 5 rings (SSSR count). The molecule has 156 valence electrons. The van der Waals surface area contributed by atoms with Crippen LogP contribution in [0.4, 0.5) is 23.1 Å². The molecule has 0 unspecified atom stereocenters. The topological polar surface area (TPSA) is 78.1 Å². The second-order valence-electron chi connectivity index (χ2n) is 8.34. The van der Waals surface area contributed by atoms with E-state index in [1.807, 2.05) is 12.3 Å². The van der Waals surface area contributed by atoms with Crippen LogP contribution in [0, 0.1) is 0 Å². The van der Waals surface area contributed by atoms with Crippen LogP contribution in [0.25, 0.3) is 11.0 Å². The van der Waals surface area contributed by atoms with Gasteiger partial charge < -0.3 is 25.3 Å². The van der Waals surface area contributed by atoms with E-state index in [0.29, 0.717) is 12.0 Å². The largest absolute Gasteiger partial charge is 0.378 e. The lowest BCUT2D eigenvalue weighted by molar-refractivity contribution is 0.122. The number of rotatable bonds is 5. The van der Waals surface area contributed by atoms with Crippen molar-refractivity contribution in [1.82, 2.24) is 15.0 Å². The molecule has 0 atom stereocenters. The van der Waals surface area contributed by atoms with Gasteiger partial charge in [0.2, 0.25) is 5.95 Å². The lowest BCUT2D eigenvalue weighted by atomic mass is 9.93. The number of H-pyrrole nitrogens is 1. The molecule has 0 spiro atoms. The number of hydrogen-bond donors (Lipinski definition) is 3. The molecule has 2 aliphatic rings. The fourth-order valence-corrected chi connectivity index (χ4v) is 4.47. The zero-order chi connectivity index (χ0) is 20.3. The molecule has 1 aliphatic carbocycles. The molecule has 3 aromatic rings. The Morgan fingerprint density at radius 2 is 1.90 bits per heavy atom. The number of nitrogens with zero attached hydrogens (tertiary/aromatic N) is 3. The number of hydrogen-bond acceptors (Lipinski definition) is 6. The van der Waals surface area contributed by atoms with Gasteiger partial charge in [0.05, 0.1) is 18.6 Å². The van der Waals surface area contributed by atoms with Crippen molar-refractivity contribution in [3.8, 4) is 0 Å². The smallest absolute Gasteiger partial charge is 0.231 e. The van der Waals surface area contributed by atoms with Crippen molar-refractivity contribution in [2.75, 3.05) is 41.8 Å². The fourth-order valence-electron chi connectivity index (χ4n) is 4.47. The van der Waals surface area contributed by atoms with Crippen LogP contribution >= 0.6 is 0 Å². The Morgan fingerprint density at radius 1 is 1.07 bits per heavy atom. The van der Waals surface area contributed by atoms with E-state index in [9.17, 15) is 0 Å². The number of aromatic amines is 1. The highest BCUT2D eigenvalue weighted by Gasteiger charge is 2.17. The van der Waals surface area contributed by atoms with Gasteiger partial charge in [-0.15, -0.1) is 0 Å². The molecule has 8 heteroatoms. The van der Waals surface area contributed by atoms with Crippen molar-refractivity contribution in [3.05, 3.63) is 30.5 Å². The van der Waals surface area contributed by atoms with Gasteiger partial charge in [0, 0.05) is 36.7 Å². The summed E-state index contributed by atoms with van der Waals surface area (Å²) in [5.74, 6) is 1.53. The zero-order valence-electron chi connectivity index (χ0n) is 17.6. The molecule has 1 aliphatic heterocycles. The molecule has 1 saturated heterocycles. The Labute approximate surface area is 178 Å². The number of ether oxygens (including phenoxy) is 1. The van der Waals surface area contributed by atoms with Crippen molar-refractivity contribution in [3.63, 3.8) is 0 Å². The first-order valence-electron chi connectivity index (χ1n) is 11.1. The average molecular weight is 404 g/mol. The third-order valence-corrected chi connectivity index (χ3v) is 6.19. The van der Waals surface area contributed by atoms with E-state index in [-0.39, 0.29) is 0 Å². The van der Waals surface area contributed by atoms with Crippen LogP contribution in [0.15, 0.2) is 30.5 Å². The maximum atomic E-state index is 5.47. The maximum absolute atomic E-state index is 5.47. The minimum atomic E-state index is 0.495. The third kappa shape index (κ3) is 4.10. The van der Waals surface area contributed by atoms with Gasteiger partial charge in [-0.25, -0.2) is 0 Å². The Morgan fingerprint density at radius 3 is 2.70 bits per heavy atom. The van der Waals surface area contributed by atoms with Crippen molar-refractivity contribution in [2.45, 2.75) is 38.1 Å². The first kappa shape index (κ1) is 19.2. The SMILES string of the molecule is Bc1cc(N2CCOCC2)ccc1Nc1nc(NC2CCCCC2)c2cc[nH]c2n1. The lowest BCUT2D eigenvalue weighted by Gasteiger charge is -2.29. The summed E-state index contributed by atoms with van der Waals surface area (Å²) in [5.41, 5.74) is 4.30. The van der Waals surface area contributed by atoms with Gasteiger partial charge in [0.15, 0.2) is 0 Å². The van der Waals surface area contributed by atoms with Crippen LogP contribution in [0.5, 0.6) is 0 Å². The number of anilines is 4. The normalized spacial score (nSPS) is 17.9. The van der Waals surface area contributed by atoms with Gasteiger partial charge in [-0.05, 0) is 37.1 Å². The molecular formula is C22H29BN6O. The summed E-state index contributed by atoms with van der Waals surface area (Å²) < 4.78 is 5.47. The molecule has 7 nitrogen and oxygen atoms in total.